The Morgan fingerprint density at radius 3 is 3.00 bits per heavy atom. The van der Waals surface area contributed by atoms with Gasteiger partial charge in [-0.1, -0.05) is 0 Å². The quantitative estimate of drug-likeness (QED) is 0.542. The van der Waals surface area contributed by atoms with E-state index in [1.807, 2.05) is 0 Å². The number of nitrogens with zero attached hydrogens (tertiary/aromatic N) is 2. The fraction of sp³-hybridized carbons (Fsp3) is 0.0667. The van der Waals surface area contributed by atoms with Gasteiger partial charge in [-0.25, -0.2) is 4.39 Å². The van der Waals surface area contributed by atoms with Crippen LogP contribution >= 0.6 is 0 Å². The largest absolute Gasteiger partial charge is 0.457 e. The summed E-state index contributed by atoms with van der Waals surface area (Å²) in [6.07, 6.45) is 6.11. The molecule has 0 bridgehead atoms. The van der Waals surface area contributed by atoms with Crippen LogP contribution in [0.2, 0.25) is 0 Å². The van der Waals surface area contributed by atoms with Crippen molar-refractivity contribution >= 4 is 22.8 Å². The van der Waals surface area contributed by atoms with E-state index in [9.17, 15) is 9.18 Å². The number of carbonyl (C=O) groups is 1. The number of aromatic nitrogens is 2. The smallest absolute Gasteiger partial charge is 0.189 e. The monoisotopic (exact) mass is 270 g/mol. The van der Waals surface area contributed by atoms with E-state index >= 15 is 0 Å². The second kappa shape index (κ2) is 4.77. The molecule has 0 aliphatic rings. The zero-order chi connectivity index (χ0) is 14.1. The molecule has 3 rings (SSSR count). The molecule has 3 aromatic rings. The molecule has 20 heavy (non-hydrogen) atoms. The van der Waals surface area contributed by atoms with Crippen LogP contribution in [-0.2, 0) is 7.05 Å². The Labute approximate surface area is 114 Å². The van der Waals surface area contributed by atoms with E-state index < -0.39 is 0 Å². The highest BCUT2D eigenvalue weighted by Gasteiger charge is 2.06. The van der Waals surface area contributed by atoms with Crippen molar-refractivity contribution in [3.63, 3.8) is 0 Å². The zero-order valence-corrected chi connectivity index (χ0v) is 10.7. The second-order valence-corrected chi connectivity index (χ2v) is 4.43. The first-order valence-electron chi connectivity index (χ1n) is 6.02. The molecule has 2 aromatic heterocycles. The molecule has 0 N–H and O–H groups in total. The van der Waals surface area contributed by atoms with Crippen LogP contribution in [0.4, 0.5) is 4.39 Å². The fourth-order valence-corrected chi connectivity index (χ4v) is 1.92. The number of hydrogen-bond donors (Lipinski definition) is 0. The number of halogens is 1. The molecular formula is C15H11FN2O2. The summed E-state index contributed by atoms with van der Waals surface area (Å²) in [5.41, 5.74) is 1.09. The number of furan rings is 1. The van der Waals surface area contributed by atoms with Crippen LogP contribution in [-0.4, -0.2) is 15.6 Å². The lowest BCUT2D eigenvalue weighted by molar-refractivity contribution is 0.104. The van der Waals surface area contributed by atoms with Crippen molar-refractivity contribution in [3.05, 3.63) is 59.9 Å². The maximum atomic E-state index is 13.1. The van der Waals surface area contributed by atoms with Crippen molar-refractivity contribution in [1.29, 1.82) is 0 Å². The Kier molecular flexibility index (Phi) is 2.95. The number of allylic oxidation sites excluding steroid dienone is 1. The number of carbonyl (C=O) groups excluding carboxylic acids is 1. The van der Waals surface area contributed by atoms with E-state index in [0.29, 0.717) is 22.3 Å². The normalized spacial score (nSPS) is 11.5. The summed E-state index contributed by atoms with van der Waals surface area (Å²) < 4.78 is 20.1. The maximum absolute atomic E-state index is 13.1. The van der Waals surface area contributed by atoms with E-state index in [0.717, 1.165) is 0 Å². The van der Waals surface area contributed by atoms with E-state index in [2.05, 4.69) is 5.10 Å². The van der Waals surface area contributed by atoms with Crippen molar-refractivity contribution < 1.29 is 13.6 Å². The van der Waals surface area contributed by atoms with Crippen LogP contribution in [0.15, 0.2) is 47.2 Å². The molecule has 0 fully saturated rings. The molecule has 0 aliphatic heterocycles. The maximum Gasteiger partial charge on any atom is 0.189 e. The molecule has 100 valence electrons. The van der Waals surface area contributed by atoms with E-state index in [1.165, 1.54) is 24.4 Å². The van der Waals surface area contributed by atoms with Gasteiger partial charge in [0.05, 0.1) is 11.8 Å². The van der Waals surface area contributed by atoms with Gasteiger partial charge in [-0.2, -0.15) is 5.10 Å². The molecule has 0 unspecified atom stereocenters. The van der Waals surface area contributed by atoms with Gasteiger partial charge < -0.3 is 4.42 Å². The highest BCUT2D eigenvalue weighted by atomic mass is 19.1. The highest BCUT2D eigenvalue weighted by Crippen LogP contribution is 2.21. The predicted octanol–water partition coefficient (Wildman–Crippen LogP) is 3.20. The third-order valence-corrected chi connectivity index (χ3v) is 2.89. The van der Waals surface area contributed by atoms with Crippen LogP contribution in [0.25, 0.3) is 17.0 Å². The Morgan fingerprint density at radius 1 is 1.40 bits per heavy atom. The average molecular weight is 270 g/mol. The Hall–Kier alpha value is -2.69. The van der Waals surface area contributed by atoms with Crippen molar-refractivity contribution in [3.8, 4) is 0 Å². The van der Waals surface area contributed by atoms with Crippen molar-refractivity contribution in [2.24, 2.45) is 7.05 Å². The molecule has 0 saturated carbocycles. The minimum atomic E-state index is -0.319. The molecule has 4 nitrogen and oxygen atoms in total. The number of hydrogen-bond acceptors (Lipinski definition) is 3. The van der Waals surface area contributed by atoms with Gasteiger partial charge in [-0.3, -0.25) is 9.48 Å². The molecule has 0 atom stereocenters. The highest BCUT2D eigenvalue weighted by molar-refractivity contribution is 6.06. The minimum absolute atomic E-state index is 0.162. The molecule has 0 spiro atoms. The Morgan fingerprint density at radius 2 is 2.25 bits per heavy atom. The van der Waals surface area contributed by atoms with Crippen LogP contribution in [0, 0.1) is 5.82 Å². The SMILES string of the molecule is Cn1cc(C(=O)/C=C/c2cc3cc(F)ccc3o2)cn1. The summed E-state index contributed by atoms with van der Waals surface area (Å²) in [6.45, 7) is 0. The van der Waals surface area contributed by atoms with Crippen molar-refractivity contribution in [2.75, 3.05) is 0 Å². The Bertz CT molecular complexity index is 814. The molecular weight excluding hydrogens is 259 g/mol. The number of rotatable bonds is 3. The lowest BCUT2D eigenvalue weighted by atomic mass is 10.2. The predicted molar refractivity (Wildman–Crippen MR) is 72.7 cm³/mol. The lowest BCUT2D eigenvalue weighted by Gasteiger charge is -1.87. The van der Waals surface area contributed by atoms with Gasteiger partial charge in [-0.05, 0) is 36.4 Å². The van der Waals surface area contributed by atoms with Gasteiger partial charge in [0.2, 0.25) is 0 Å². The lowest BCUT2D eigenvalue weighted by Crippen LogP contribution is -1.91. The first-order valence-corrected chi connectivity index (χ1v) is 6.02. The summed E-state index contributed by atoms with van der Waals surface area (Å²) in [7, 11) is 1.74. The summed E-state index contributed by atoms with van der Waals surface area (Å²) in [5.74, 6) is 0.0212. The molecule has 0 saturated heterocycles. The van der Waals surface area contributed by atoms with Gasteiger partial charge in [0.25, 0.3) is 0 Å². The topological polar surface area (TPSA) is 48.0 Å². The number of benzene rings is 1. The fourth-order valence-electron chi connectivity index (χ4n) is 1.92. The first-order chi connectivity index (χ1) is 9.61. The molecule has 0 radical (unpaired) electrons. The third kappa shape index (κ3) is 2.38. The van der Waals surface area contributed by atoms with E-state index in [1.54, 1.807) is 36.1 Å². The zero-order valence-electron chi connectivity index (χ0n) is 10.7. The van der Waals surface area contributed by atoms with Crippen LogP contribution in [0.5, 0.6) is 0 Å². The summed E-state index contributed by atoms with van der Waals surface area (Å²) in [4.78, 5) is 11.9. The Balaban J connectivity index is 1.85. The summed E-state index contributed by atoms with van der Waals surface area (Å²) in [5, 5.41) is 4.60. The van der Waals surface area contributed by atoms with Crippen molar-refractivity contribution in [2.45, 2.75) is 0 Å². The van der Waals surface area contributed by atoms with E-state index in [-0.39, 0.29) is 11.6 Å². The molecule has 1 aromatic carbocycles. The third-order valence-electron chi connectivity index (χ3n) is 2.89. The first kappa shape index (κ1) is 12.3. The second-order valence-electron chi connectivity index (χ2n) is 4.43. The van der Waals surface area contributed by atoms with Crippen molar-refractivity contribution in [1.82, 2.24) is 9.78 Å². The average Bonchev–Trinajstić information content (AvgIpc) is 3.01. The number of fused-ring (bicyclic) bond motifs is 1. The molecule has 0 aliphatic carbocycles. The van der Waals surface area contributed by atoms with Crippen LogP contribution < -0.4 is 0 Å². The molecule has 0 amide bonds. The van der Waals surface area contributed by atoms with Gasteiger partial charge >= 0.3 is 0 Å². The summed E-state index contributed by atoms with van der Waals surface area (Å²) >= 11 is 0. The molecule has 2 heterocycles. The van der Waals surface area contributed by atoms with Gasteiger partial charge in [0, 0.05) is 18.6 Å². The number of aryl methyl sites for hydroxylation is 1. The standard InChI is InChI=1S/C15H11FN2O2/c1-18-9-11(8-17-18)14(19)4-3-13-7-10-6-12(16)2-5-15(10)20-13/h2-9H,1H3/b4-3+. The summed E-state index contributed by atoms with van der Waals surface area (Å²) in [6, 6.07) is 5.97. The minimum Gasteiger partial charge on any atom is -0.457 e. The molecule has 5 heteroatoms. The van der Waals surface area contributed by atoms with Gasteiger partial charge in [-0.15, -0.1) is 0 Å². The van der Waals surface area contributed by atoms with Crippen LogP contribution in [0.3, 0.4) is 0 Å². The van der Waals surface area contributed by atoms with Gasteiger partial charge in [0.15, 0.2) is 5.78 Å². The van der Waals surface area contributed by atoms with Gasteiger partial charge in [0.1, 0.15) is 17.2 Å². The van der Waals surface area contributed by atoms with Crippen LogP contribution in [0.1, 0.15) is 16.1 Å². The number of ketones is 1. The van der Waals surface area contributed by atoms with E-state index in [4.69, 9.17) is 4.42 Å².